The summed E-state index contributed by atoms with van der Waals surface area (Å²) in [6, 6.07) is 13.7. The van der Waals surface area contributed by atoms with Gasteiger partial charge in [-0.05, 0) is 42.5 Å². The van der Waals surface area contributed by atoms with Crippen molar-refractivity contribution in [1.29, 1.82) is 0 Å². The third-order valence-corrected chi connectivity index (χ3v) is 10.0. The maximum atomic E-state index is 10.7. The minimum Gasteiger partial charge on any atom is -0.414 e. The molecular weight excluding hydrogens is 328 g/mol. The van der Waals surface area contributed by atoms with Crippen molar-refractivity contribution in [2.45, 2.75) is 77.8 Å². The van der Waals surface area contributed by atoms with E-state index in [2.05, 4.69) is 39.8 Å². The summed E-state index contributed by atoms with van der Waals surface area (Å²) in [5, 5.41) is 0. The number of ether oxygens (including phenoxy) is 1. The molecule has 0 amide bonds. The maximum Gasteiger partial charge on any atom is 0.192 e. The first kappa shape index (κ1) is 22.1. The van der Waals surface area contributed by atoms with Crippen molar-refractivity contribution >= 4 is 14.6 Å². The summed E-state index contributed by atoms with van der Waals surface area (Å²) in [7, 11) is -1.65. The Morgan fingerprint density at radius 1 is 1.04 bits per heavy atom. The fourth-order valence-electron chi connectivity index (χ4n) is 3.26. The normalized spacial score (nSPS) is 14.2. The Morgan fingerprint density at radius 3 is 2.24 bits per heavy atom. The van der Waals surface area contributed by atoms with Gasteiger partial charge in [0.05, 0.1) is 6.61 Å². The van der Waals surface area contributed by atoms with Crippen LogP contribution in [0.25, 0.3) is 0 Å². The van der Waals surface area contributed by atoms with E-state index >= 15 is 0 Å². The summed E-state index contributed by atoms with van der Waals surface area (Å²) in [5.74, 6) is 0.391. The zero-order valence-electron chi connectivity index (χ0n) is 16.5. The van der Waals surface area contributed by atoms with Gasteiger partial charge in [-0.15, -0.1) is 0 Å². The number of carbonyl (C=O) groups excluding carboxylic acids is 1. The molecule has 1 aromatic rings. The molecule has 0 aliphatic carbocycles. The third-order valence-electron chi connectivity index (χ3n) is 5.37. The van der Waals surface area contributed by atoms with Crippen molar-refractivity contribution in [3.05, 3.63) is 35.9 Å². The highest BCUT2D eigenvalue weighted by atomic mass is 28.4. The van der Waals surface area contributed by atoms with Gasteiger partial charge in [-0.3, -0.25) is 0 Å². The molecule has 0 aromatic heterocycles. The van der Waals surface area contributed by atoms with Crippen molar-refractivity contribution in [3.63, 3.8) is 0 Å². The smallest absolute Gasteiger partial charge is 0.192 e. The van der Waals surface area contributed by atoms with Gasteiger partial charge < -0.3 is 14.0 Å². The van der Waals surface area contributed by atoms with Crippen LogP contribution in [-0.4, -0.2) is 27.3 Å². The Kier molecular flexibility index (Phi) is 10.9. The Balaban J connectivity index is 2.59. The van der Waals surface area contributed by atoms with E-state index in [0.717, 1.165) is 37.3 Å². The minimum absolute atomic E-state index is 0.197. The lowest BCUT2D eigenvalue weighted by Gasteiger charge is -2.36. The van der Waals surface area contributed by atoms with Crippen molar-refractivity contribution in [3.8, 4) is 0 Å². The summed E-state index contributed by atoms with van der Waals surface area (Å²) in [5.41, 5.74) is 1.20. The van der Waals surface area contributed by atoms with Crippen molar-refractivity contribution in [2.24, 2.45) is 5.92 Å². The van der Waals surface area contributed by atoms with E-state index in [-0.39, 0.29) is 6.10 Å². The number of hydrogen-bond donors (Lipinski definition) is 0. The molecule has 1 rings (SSSR count). The van der Waals surface area contributed by atoms with E-state index in [9.17, 15) is 4.79 Å². The SMILES string of the molecule is CC[Si](CC)(CC)O[C@@H](CCOCc1ccccc1)[C@@H](C)CCC=O. The standard InChI is InChI=1S/C21H36O3Si/c1-5-25(6-2,7-3)24-21(19(4)12-11-16-22)15-17-23-18-20-13-9-8-10-14-20/h8-10,13-14,16,19,21H,5-7,11-12,15,17-18H2,1-4H3/t19-,21-/m0/s1. The summed E-state index contributed by atoms with van der Waals surface area (Å²) in [6.07, 6.45) is 3.63. The average Bonchev–Trinajstić information content (AvgIpc) is 2.67. The van der Waals surface area contributed by atoms with Gasteiger partial charge in [0.2, 0.25) is 0 Å². The van der Waals surface area contributed by atoms with E-state index in [1.54, 1.807) is 0 Å². The molecule has 0 saturated carbocycles. The van der Waals surface area contributed by atoms with Gasteiger partial charge >= 0.3 is 0 Å². The zero-order valence-corrected chi connectivity index (χ0v) is 17.5. The van der Waals surface area contributed by atoms with E-state index < -0.39 is 8.32 Å². The molecule has 142 valence electrons. The number of aldehydes is 1. The van der Waals surface area contributed by atoms with Crippen molar-refractivity contribution in [2.75, 3.05) is 6.61 Å². The van der Waals surface area contributed by atoms with E-state index in [4.69, 9.17) is 9.16 Å². The van der Waals surface area contributed by atoms with Crippen LogP contribution in [-0.2, 0) is 20.6 Å². The van der Waals surface area contributed by atoms with Crippen LogP contribution in [0.2, 0.25) is 18.1 Å². The van der Waals surface area contributed by atoms with Gasteiger partial charge in [-0.25, -0.2) is 0 Å². The van der Waals surface area contributed by atoms with E-state index in [0.29, 0.717) is 25.6 Å². The van der Waals surface area contributed by atoms with Crippen LogP contribution in [0.4, 0.5) is 0 Å². The lowest BCUT2D eigenvalue weighted by atomic mass is 9.97. The van der Waals surface area contributed by atoms with Gasteiger partial charge in [0.15, 0.2) is 8.32 Å². The lowest BCUT2D eigenvalue weighted by Crippen LogP contribution is -2.42. The highest BCUT2D eigenvalue weighted by Gasteiger charge is 2.33. The van der Waals surface area contributed by atoms with Crippen LogP contribution in [0.1, 0.15) is 52.5 Å². The molecule has 0 fully saturated rings. The Bertz CT molecular complexity index is 451. The molecule has 0 radical (unpaired) electrons. The van der Waals surface area contributed by atoms with Gasteiger partial charge in [0.25, 0.3) is 0 Å². The summed E-state index contributed by atoms with van der Waals surface area (Å²) < 4.78 is 12.6. The number of rotatable bonds is 14. The van der Waals surface area contributed by atoms with E-state index in [1.165, 1.54) is 5.56 Å². The minimum atomic E-state index is -1.65. The van der Waals surface area contributed by atoms with Crippen LogP contribution >= 0.6 is 0 Å². The molecule has 0 unspecified atom stereocenters. The van der Waals surface area contributed by atoms with Gasteiger partial charge in [0, 0.05) is 19.1 Å². The Labute approximate surface area is 155 Å². The van der Waals surface area contributed by atoms with Gasteiger partial charge in [-0.1, -0.05) is 58.0 Å². The molecule has 0 spiro atoms. The molecule has 25 heavy (non-hydrogen) atoms. The first-order chi connectivity index (χ1) is 12.1. The van der Waals surface area contributed by atoms with Crippen molar-refractivity contribution < 1.29 is 14.0 Å². The predicted molar refractivity (Wildman–Crippen MR) is 107 cm³/mol. The summed E-state index contributed by atoms with van der Waals surface area (Å²) >= 11 is 0. The molecule has 3 nitrogen and oxygen atoms in total. The second-order valence-electron chi connectivity index (χ2n) is 6.95. The molecule has 0 saturated heterocycles. The van der Waals surface area contributed by atoms with Crippen LogP contribution in [0, 0.1) is 5.92 Å². The molecule has 0 aliphatic heterocycles. The molecule has 0 N–H and O–H groups in total. The zero-order chi connectivity index (χ0) is 18.5. The molecule has 2 atom stereocenters. The molecule has 0 aliphatic rings. The molecular formula is C21H36O3Si. The highest BCUT2D eigenvalue weighted by molar-refractivity contribution is 6.73. The first-order valence-electron chi connectivity index (χ1n) is 9.83. The van der Waals surface area contributed by atoms with Crippen LogP contribution in [0.5, 0.6) is 0 Å². The van der Waals surface area contributed by atoms with Crippen LogP contribution < -0.4 is 0 Å². The lowest BCUT2D eigenvalue weighted by molar-refractivity contribution is -0.108. The summed E-state index contributed by atoms with van der Waals surface area (Å²) in [4.78, 5) is 10.7. The number of benzene rings is 1. The quantitative estimate of drug-likeness (QED) is 0.245. The van der Waals surface area contributed by atoms with Gasteiger partial charge in [0.1, 0.15) is 6.29 Å². The fourth-order valence-corrected chi connectivity index (χ4v) is 6.25. The largest absolute Gasteiger partial charge is 0.414 e. The Hall–Kier alpha value is -0.973. The summed E-state index contributed by atoms with van der Waals surface area (Å²) in [6.45, 7) is 10.3. The van der Waals surface area contributed by atoms with E-state index in [1.807, 2.05) is 18.2 Å². The predicted octanol–water partition coefficient (Wildman–Crippen LogP) is 5.60. The van der Waals surface area contributed by atoms with Gasteiger partial charge in [-0.2, -0.15) is 0 Å². The number of carbonyl (C=O) groups is 1. The number of hydrogen-bond acceptors (Lipinski definition) is 3. The highest BCUT2D eigenvalue weighted by Crippen LogP contribution is 2.28. The molecule has 0 heterocycles. The topological polar surface area (TPSA) is 35.5 Å². The first-order valence-corrected chi connectivity index (χ1v) is 12.4. The fraction of sp³-hybridized carbons (Fsp3) is 0.667. The second-order valence-corrected chi connectivity index (χ2v) is 11.7. The third kappa shape index (κ3) is 7.84. The maximum absolute atomic E-state index is 10.7. The Morgan fingerprint density at radius 2 is 1.68 bits per heavy atom. The molecule has 4 heteroatoms. The molecule has 1 aromatic carbocycles. The molecule has 0 bridgehead atoms. The second kappa shape index (κ2) is 12.4. The van der Waals surface area contributed by atoms with Crippen LogP contribution in [0.15, 0.2) is 30.3 Å². The van der Waals surface area contributed by atoms with Crippen LogP contribution in [0.3, 0.4) is 0 Å². The monoisotopic (exact) mass is 364 g/mol. The van der Waals surface area contributed by atoms with Crippen molar-refractivity contribution in [1.82, 2.24) is 0 Å². The average molecular weight is 365 g/mol.